The molecule has 1 aromatic carbocycles. The van der Waals surface area contributed by atoms with E-state index in [4.69, 9.17) is 18.9 Å². The number of carbonyl (C=O) groups excluding carboxylic acids is 3. The molecule has 0 unspecified atom stereocenters. The summed E-state index contributed by atoms with van der Waals surface area (Å²) < 4.78 is 21.8. The maximum atomic E-state index is 12.5. The lowest BCUT2D eigenvalue weighted by Crippen LogP contribution is -2.34. The molecule has 2 aliphatic rings. The van der Waals surface area contributed by atoms with Crippen LogP contribution >= 0.6 is 0 Å². The Bertz CT molecular complexity index is 1510. The minimum absolute atomic E-state index is 0.0593. The summed E-state index contributed by atoms with van der Waals surface area (Å²) in [5, 5.41) is 8.73. The van der Waals surface area contributed by atoms with E-state index in [1.54, 1.807) is 18.2 Å². The molecule has 0 bridgehead atoms. The number of amides is 3. The zero-order valence-corrected chi connectivity index (χ0v) is 24.9. The number of benzene rings is 1. The van der Waals surface area contributed by atoms with Gasteiger partial charge >= 0.3 is 12.2 Å². The third-order valence-corrected chi connectivity index (χ3v) is 6.55. The number of hydrogen-bond acceptors (Lipinski definition) is 10. The van der Waals surface area contributed by atoms with Gasteiger partial charge in [-0.2, -0.15) is 0 Å². The van der Waals surface area contributed by atoms with Gasteiger partial charge in [-0.15, -0.1) is 0 Å². The second-order valence-electron chi connectivity index (χ2n) is 11.3. The van der Waals surface area contributed by atoms with Crippen molar-refractivity contribution in [3.63, 3.8) is 0 Å². The van der Waals surface area contributed by atoms with Crippen LogP contribution in [0.3, 0.4) is 0 Å². The molecule has 13 heteroatoms. The van der Waals surface area contributed by atoms with Crippen molar-refractivity contribution < 1.29 is 33.3 Å². The Kier molecular flexibility index (Phi) is 9.44. The molecule has 1 saturated heterocycles. The summed E-state index contributed by atoms with van der Waals surface area (Å²) in [6.45, 7) is 7.53. The molecule has 2 aromatic heterocycles. The van der Waals surface area contributed by atoms with E-state index in [0.29, 0.717) is 55.9 Å². The van der Waals surface area contributed by atoms with E-state index in [-0.39, 0.29) is 25.2 Å². The van der Waals surface area contributed by atoms with Gasteiger partial charge in [-0.25, -0.2) is 19.6 Å². The van der Waals surface area contributed by atoms with E-state index in [2.05, 4.69) is 32.0 Å². The number of pyridine rings is 2. The van der Waals surface area contributed by atoms with Crippen LogP contribution in [0.1, 0.15) is 32.8 Å². The Morgan fingerprint density at radius 3 is 2.77 bits per heavy atom. The summed E-state index contributed by atoms with van der Waals surface area (Å²) in [6, 6.07) is 17.0. The molecule has 3 aromatic rings. The lowest BCUT2D eigenvalue weighted by atomic mass is 10.1. The van der Waals surface area contributed by atoms with Crippen LogP contribution < -0.4 is 30.3 Å². The molecule has 3 N–H and O–H groups in total. The second kappa shape index (κ2) is 13.6. The molecule has 1 fully saturated rings. The summed E-state index contributed by atoms with van der Waals surface area (Å²) in [7, 11) is 0. The minimum atomic E-state index is -0.558. The Labute approximate surface area is 255 Å². The van der Waals surface area contributed by atoms with Crippen LogP contribution in [0.15, 0.2) is 54.6 Å². The van der Waals surface area contributed by atoms with Gasteiger partial charge in [-0.3, -0.25) is 9.69 Å². The molecule has 1 atom stereocenters. The predicted molar refractivity (Wildman–Crippen MR) is 162 cm³/mol. The Hall–Kier alpha value is -4.91. The van der Waals surface area contributed by atoms with Crippen molar-refractivity contribution in [3.05, 3.63) is 60.2 Å². The molecule has 4 heterocycles. The fourth-order valence-electron chi connectivity index (χ4n) is 4.58. The first-order valence-electron chi connectivity index (χ1n) is 14.4. The van der Waals surface area contributed by atoms with Crippen LogP contribution in [0.5, 0.6) is 11.6 Å². The normalized spacial score (nSPS) is 16.0. The van der Waals surface area contributed by atoms with E-state index in [1.165, 1.54) is 4.90 Å². The molecule has 5 rings (SSSR count). The SMILES string of the molecule is CC(C)(C)OC(=O)NCCOc1cccc(-c2cccc(CNCC[C@H]3CN(c4ccc5c(n4)NC(=O)CO5)C(=O)O3)c2)n1. The first-order valence-corrected chi connectivity index (χ1v) is 14.4. The number of hydrogen-bond donors (Lipinski definition) is 3. The number of nitrogens with zero attached hydrogens (tertiary/aromatic N) is 3. The van der Waals surface area contributed by atoms with Gasteiger partial charge in [0.15, 0.2) is 18.2 Å². The maximum absolute atomic E-state index is 12.5. The first kappa shape index (κ1) is 30.5. The number of fused-ring (bicyclic) bond motifs is 1. The van der Waals surface area contributed by atoms with Crippen LogP contribution in [0.25, 0.3) is 11.3 Å². The van der Waals surface area contributed by atoms with Crippen molar-refractivity contribution in [2.45, 2.75) is 45.4 Å². The first-order chi connectivity index (χ1) is 21.1. The van der Waals surface area contributed by atoms with Gasteiger partial charge in [-0.05, 0) is 63.6 Å². The molecule has 0 radical (unpaired) electrons. The van der Waals surface area contributed by atoms with Crippen molar-refractivity contribution in [2.75, 3.05) is 43.1 Å². The van der Waals surface area contributed by atoms with Crippen molar-refractivity contribution in [2.24, 2.45) is 0 Å². The third kappa shape index (κ3) is 8.34. The lowest BCUT2D eigenvalue weighted by Gasteiger charge is -2.19. The van der Waals surface area contributed by atoms with Gasteiger partial charge in [0.2, 0.25) is 5.88 Å². The van der Waals surface area contributed by atoms with Crippen LogP contribution in [0.2, 0.25) is 0 Å². The van der Waals surface area contributed by atoms with Gasteiger partial charge < -0.3 is 34.9 Å². The van der Waals surface area contributed by atoms with Gasteiger partial charge in [0, 0.05) is 18.2 Å². The van der Waals surface area contributed by atoms with Crippen LogP contribution in [0.4, 0.5) is 21.2 Å². The van der Waals surface area contributed by atoms with Crippen LogP contribution in [-0.4, -0.2) is 72.6 Å². The van der Waals surface area contributed by atoms with Gasteiger partial charge in [-0.1, -0.05) is 24.3 Å². The topological polar surface area (TPSA) is 153 Å². The molecule has 0 aliphatic carbocycles. The number of ether oxygens (including phenoxy) is 4. The van der Waals surface area contributed by atoms with Crippen molar-refractivity contribution >= 4 is 29.7 Å². The fourth-order valence-corrected chi connectivity index (χ4v) is 4.58. The highest BCUT2D eigenvalue weighted by Gasteiger charge is 2.33. The monoisotopic (exact) mass is 604 g/mol. The molecule has 44 heavy (non-hydrogen) atoms. The number of aromatic nitrogens is 2. The Balaban J connectivity index is 1.06. The number of alkyl carbamates (subject to hydrolysis) is 1. The largest absolute Gasteiger partial charge is 0.480 e. The van der Waals surface area contributed by atoms with Gasteiger partial charge in [0.1, 0.15) is 24.1 Å². The highest BCUT2D eigenvalue weighted by Crippen LogP contribution is 2.30. The summed E-state index contributed by atoms with van der Waals surface area (Å²) >= 11 is 0. The van der Waals surface area contributed by atoms with Gasteiger partial charge in [0.25, 0.3) is 5.91 Å². The molecule has 0 saturated carbocycles. The van der Waals surface area contributed by atoms with Gasteiger partial charge in [0.05, 0.1) is 18.8 Å². The second-order valence-corrected chi connectivity index (χ2v) is 11.3. The number of anilines is 2. The Morgan fingerprint density at radius 1 is 1.09 bits per heavy atom. The zero-order valence-electron chi connectivity index (χ0n) is 24.9. The number of carbonyl (C=O) groups is 3. The standard InChI is InChI=1S/C31H36N6O7/c1-31(2,3)44-29(39)33-14-15-41-27-9-5-8-23(34-27)21-7-4-6-20(16-21)17-32-13-12-22-18-37(30(40)43-22)25-11-10-24-28(35-25)36-26(38)19-42-24/h4-11,16,22,32H,12-15,17-19H2,1-3H3,(H,33,39)(H,35,36,38)/t22-/m0/s1. The minimum Gasteiger partial charge on any atom is -0.480 e. The average Bonchev–Trinajstić information content (AvgIpc) is 3.36. The Morgan fingerprint density at radius 2 is 1.93 bits per heavy atom. The molecule has 0 spiro atoms. The molecule has 232 valence electrons. The summed E-state index contributed by atoms with van der Waals surface area (Å²) in [5.74, 6) is 1.32. The number of nitrogens with one attached hydrogen (secondary N) is 3. The zero-order chi connectivity index (χ0) is 31.1. The highest BCUT2D eigenvalue weighted by molar-refractivity contribution is 5.95. The smallest absolute Gasteiger partial charge is 0.415 e. The lowest BCUT2D eigenvalue weighted by molar-refractivity contribution is -0.118. The highest BCUT2D eigenvalue weighted by atomic mass is 16.6. The van der Waals surface area contributed by atoms with Crippen LogP contribution in [-0.2, 0) is 20.8 Å². The number of cyclic esters (lactones) is 1. The molecular weight excluding hydrogens is 568 g/mol. The van der Waals surface area contributed by atoms with Crippen molar-refractivity contribution in [3.8, 4) is 22.9 Å². The van der Waals surface area contributed by atoms with E-state index >= 15 is 0 Å². The van der Waals surface area contributed by atoms with E-state index in [9.17, 15) is 14.4 Å². The molecule has 13 nitrogen and oxygen atoms in total. The average molecular weight is 605 g/mol. The predicted octanol–water partition coefficient (Wildman–Crippen LogP) is 3.88. The fraction of sp³-hybridized carbons (Fsp3) is 0.387. The summed E-state index contributed by atoms with van der Waals surface area (Å²) in [4.78, 5) is 46.3. The molecule has 2 aliphatic heterocycles. The van der Waals surface area contributed by atoms with Crippen LogP contribution in [0, 0.1) is 0 Å². The quantitative estimate of drug-likeness (QED) is 0.275. The molecular formula is C31H36N6O7. The summed E-state index contributed by atoms with van der Waals surface area (Å²) in [6.07, 6.45) is -0.640. The van der Waals surface area contributed by atoms with Crippen molar-refractivity contribution in [1.82, 2.24) is 20.6 Å². The van der Waals surface area contributed by atoms with E-state index in [1.807, 2.05) is 51.1 Å². The van der Waals surface area contributed by atoms with E-state index in [0.717, 1.165) is 16.8 Å². The number of rotatable bonds is 11. The maximum Gasteiger partial charge on any atom is 0.415 e. The third-order valence-electron chi connectivity index (χ3n) is 6.55. The van der Waals surface area contributed by atoms with E-state index < -0.39 is 17.8 Å². The van der Waals surface area contributed by atoms with Crippen molar-refractivity contribution in [1.29, 1.82) is 0 Å². The summed E-state index contributed by atoms with van der Waals surface area (Å²) in [5.41, 5.74) is 2.23. The molecule has 3 amide bonds.